The molecule has 25 heavy (non-hydrogen) atoms. The van der Waals surface area contributed by atoms with Crippen LogP contribution in [0.15, 0.2) is 42.5 Å². The van der Waals surface area contributed by atoms with E-state index in [4.69, 9.17) is 44.3 Å². The predicted octanol–water partition coefficient (Wildman–Crippen LogP) is 4.45. The van der Waals surface area contributed by atoms with E-state index in [-0.39, 0.29) is 21.4 Å². The van der Waals surface area contributed by atoms with Gasteiger partial charge in [0.25, 0.3) is 0 Å². The van der Waals surface area contributed by atoms with E-state index in [1.165, 1.54) is 36.4 Å². The maximum absolute atomic E-state index is 11.9. The van der Waals surface area contributed by atoms with Crippen LogP contribution in [0.3, 0.4) is 0 Å². The number of rotatable bonds is 6. The van der Waals surface area contributed by atoms with Gasteiger partial charge in [-0.05, 0) is 24.3 Å². The van der Waals surface area contributed by atoms with Gasteiger partial charge in [-0.25, -0.2) is 4.79 Å². The molecular weight excluding hydrogens is 413 g/mol. The Morgan fingerprint density at radius 2 is 1.76 bits per heavy atom. The molecule has 1 unspecified atom stereocenters. The zero-order valence-corrected chi connectivity index (χ0v) is 15.6. The zero-order chi connectivity index (χ0) is 18.6. The number of carbonyl (C=O) groups is 1. The van der Waals surface area contributed by atoms with Crippen LogP contribution in [0, 0.1) is 0 Å². The largest absolute Gasteiger partial charge is 0.480 e. The zero-order valence-electron chi connectivity index (χ0n) is 12.4. The molecule has 0 aliphatic carbocycles. The third-order valence-corrected chi connectivity index (χ3v) is 4.83. The molecular formula is C15H12Cl3O6P. The molecule has 0 saturated carbocycles. The summed E-state index contributed by atoms with van der Waals surface area (Å²) < 4.78 is 21.7. The topological polar surface area (TPSA) is 93.1 Å². The van der Waals surface area contributed by atoms with E-state index in [1.807, 2.05) is 0 Å². The number of benzene rings is 2. The van der Waals surface area contributed by atoms with Crippen LogP contribution in [-0.4, -0.2) is 22.4 Å². The van der Waals surface area contributed by atoms with Gasteiger partial charge in [0, 0.05) is 15.6 Å². The molecule has 2 N–H and O–H groups in total. The second-order valence-electron chi connectivity index (χ2n) is 4.82. The van der Waals surface area contributed by atoms with Gasteiger partial charge in [-0.3, -0.25) is 4.57 Å². The lowest BCUT2D eigenvalue weighted by Gasteiger charge is -2.20. The lowest BCUT2D eigenvalue weighted by molar-refractivity contribution is -0.148. The Morgan fingerprint density at radius 1 is 1.08 bits per heavy atom. The molecule has 6 nitrogen and oxygen atoms in total. The summed E-state index contributed by atoms with van der Waals surface area (Å²) in [5.74, 6) is -2.66. The van der Waals surface area contributed by atoms with E-state index < -0.39 is 26.0 Å². The summed E-state index contributed by atoms with van der Waals surface area (Å²) in [5, 5.41) is 0.628. The quantitative estimate of drug-likeness (QED) is 0.525. The fourth-order valence-corrected chi connectivity index (χ4v) is 3.49. The number of ether oxygens (including phenoxy) is 2. The summed E-state index contributed by atoms with van der Waals surface area (Å²) in [5.41, 5.74) is -0.00428. The molecule has 0 heterocycles. The van der Waals surface area contributed by atoms with Crippen molar-refractivity contribution in [1.29, 1.82) is 0 Å². The normalized spacial score (nSPS) is 12.5. The molecule has 0 fully saturated rings. The molecule has 0 aliphatic rings. The molecule has 0 saturated heterocycles. The number of halogens is 3. The molecule has 2 rings (SSSR count). The van der Waals surface area contributed by atoms with Crippen LogP contribution in [-0.2, 0) is 14.1 Å². The lowest BCUT2D eigenvalue weighted by Crippen LogP contribution is -2.19. The van der Waals surface area contributed by atoms with Crippen LogP contribution in [0.5, 0.6) is 5.75 Å². The smallest absolute Gasteiger partial charge is 0.370 e. The molecule has 134 valence electrons. The van der Waals surface area contributed by atoms with E-state index in [0.29, 0.717) is 5.02 Å². The molecule has 0 bridgehead atoms. The Morgan fingerprint density at radius 3 is 2.36 bits per heavy atom. The Bertz CT molecular complexity index is 823. The molecule has 2 aromatic rings. The summed E-state index contributed by atoms with van der Waals surface area (Å²) in [4.78, 5) is 30.9. The average molecular weight is 426 g/mol. The number of hydrogen-bond donors (Lipinski definition) is 2. The summed E-state index contributed by atoms with van der Waals surface area (Å²) >= 11 is 17.6. The molecule has 0 aromatic heterocycles. The molecule has 2 aromatic carbocycles. The van der Waals surface area contributed by atoms with Crippen molar-refractivity contribution in [3.63, 3.8) is 0 Å². The summed E-state index contributed by atoms with van der Waals surface area (Å²) in [7, 11) is -4.82. The van der Waals surface area contributed by atoms with Crippen LogP contribution in [0.4, 0.5) is 0 Å². The average Bonchev–Trinajstić information content (AvgIpc) is 2.51. The summed E-state index contributed by atoms with van der Waals surface area (Å²) in [6.07, 6.45) is 0. The standard InChI is InChI=1S/C15H12Cl3O6P/c16-9-5-6-13(12(18)7-9)23-8-14(19)24-15(25(20,21)22)10-3-1-2-4-11(10)17/h1-7,15H,8H2,(H2,20,21,22). The number of esters is 1. The van der Waals surface area contributed by atoms with Crippen molar-refractivity contribution >= 4 is 48.4 Å². The Labute approximate surface area is 158 Å². The first-order valence-corrected chi connectivity index (χ1v) is 9.57. The van der Waals surface area contributed by atoms with Crippen molar-refractivity contribution in [3.8, 4) is 5.75 Å². The minimum Gasteiger partial charge on any atom is -0.480 e. The van der Waals surface area contributed by atoms with E-state index in [2.05, 4.69) is 0 Å². The van der Waals surface area contributed by atoms with Gasteiger partial charge in [0.05, 0.1) is 5.02 Å². The number of hydrogen-bond acceptors (Lipinski definition) is 4. The van der Waals surface area contributed by atoms with Crippen molar-refractivity contribution in [3.05, 3.63) is 63.1 Å². The van der Waals surface area contributed by atoms with Crippen molar-refractivity contribution in [2.75, 3.05) is 6.61 Å². The first-order valence-electron chi connectivity index (χ1n) is 6.75. The third-order valence-electron chi connectivity index (χ3n) is 2.96. The molecule has 0 spiro atoms. The highest BCUT2D eigenvalue weighted by atomic mass is 35.5. The van der Waals surface area contributed by atoms with Crippen molar-refractivity contribution in [2.45, 2.75) is 5.85 Å². The maximum Gasteiger partial charge on any atom is 0.370 e. The molecule has 0 radical (unpaired) electrons. The Kier molecular flexibility index (Phi) is 6.74. The van der Waals surface area contributed by atoms with Crippen LogP contribution >= 0.6 is 42.4 Å². The van der Waals surface area contributed by atoms with E-state index in [1.54, 1.807) is 6.07 Å². The minimum atomic E-state index is -4.82. The first kappa shape index (κ1) is 20.0. The predicted molar refractivity (Wildman–Crippen MR) is 94.3 cm³/mol. The SMILES string of the molecule is O=C(COc1ccc(Cl)cc1Cl)OC(c1ccccc1Cl)P(=O)(O)O. The second-order valence-corrected chi connectivity index (χ2v) is 7.71. The van der Waals surface area contributed by atoms with Crippen LogP contribution in [0.25, 0.3) is 0 Å². The molecule has 0 amide bonds. The fraction of sp³-hybridized carbons (Fsp3) is 0.133. The van der Waals surface area contributed by atoms with Gasteiger partial charge >= 0.3 is 13.6 Å². The fourth-order valence-electron chi connectivity index (χ4n) is 1.88. The molecule has 1 atom stereocenters. The van der Waals surface area contributed by atoms with Gasteiger partial charge < -0.3 is 19.3 Å². The van der Waals surface area contributed by atoms with Gasteiger partial charge in [0.2, 0.25) is 5.85 Å². The minimum absolute atomic E-state index is 0.00428. The third kappa shape index (κ3) is 5.61. The van der Waals surface area contributed by atoms with Gasteiger partial charge in [-0.15, -0.1) is 0 Å². The summed E-state index contributed by atoms with van der Waals surface area (Å²) in [6.45, 7) is -0.609. The van der Waals surface area contributed by atoms with Crippen LogP contribution < -0.4 is 4.74 Å². The van der Waals surface area contributed by atoms with Crippen molar-refractivity contribution < 1.29 is 28.6 Å². The van der Waals surface area contributed by atoms with E-state index in [0.717, 1.165) is 0 Å². The monoisotopic (exact) mass is 424 g/mol. The number of carbonyl (C=O) groups excluding carboxylic acids is 1. The van der Waals surface area contributed by atoms with Crippen molar-refractivity contribution in [2.24, 2.45) is 0 Å². The maximum atomic E-state index is 11.9. The molecule has 0 aliphatic heterocycles. The second kappa shape index (κ2) is 8.41. The van der Waals surface area contributed by atoms with Gasteiger partial charge in [0.15, 0.2) is 6.61 Å². The van der Waals surface area contributed by atoms with E-state index >= 15 is 0 Å². The van der Waals surface area contributed by atoms with Gasteiger partial charge in [-0.2, -0.15) is 0 Å². The lowest BCUT2D eigenvalue weighted by atomic mass is 10.2. The molecule has 10 heteroatoms. The Hall–Kier alpha value is -1.27. The van der Waals surface area contributed by atoms with Gasteiger partial charge in [-0.1, -0.05) is 53.0 Å². The Balaban J connectivity index is 2.10. The van der Waals surface area contributed by atoms with Crippen molar-refractivity contribution in [1.82, 2.24) is 0 Å². The summed E-state index contributed by atoms with van der Waals surface area (Å²) in [6, 6.07) is 10.3. The highest BCUT2D eigenvalue weighted by Crippen LogP contribution is 2.53. The highest BCUT2D eigenvalue weighted by molar-refractivity contribution is 7.52. The van der Waals surface area contributed by atoms with Gasteiger partial charge in [0.1, 0.15) is 5.75 Å². The highest BCUT2D eigenvalue weighted by Gasteiger charge is 2.35. The van der Waals surface area contributed by atoms with Crippen LogP contribution in [0.2, 0.25) is 15.1 Å². The van der Waals surface area contributed by atoms with E-state index in [9.17, 15) is 19.1 Å². The van der Waals surface area contributed by atoms with Crippen LogP contribution in [0.1, 0.15) is 11.4 Å². The first-order chi connectivity index (χ1) is 11.7.